The molecule has 114 valence electrons. The third-order valence-electron chi connectivity index (χ3n) is 3.66. The summed E-state index contributed by atoms with van der Waals surface area (Å²) in [5.74, 6) is -0.510. The normalized spacial score (nSPS) is 17.1. The number of aliphatic imine (C=N–C) groups is 1. The Labute approximate surface area is 120 Å². The number of nitrogens with zero attached hydrogens (tertiary/aromatic N) is 1. The van der Waals surface area contributed by atoms with Crippen molar-refractivity contribution in [1.82, 2.24) is 5.32 Å². The summed E-state index contributed by atoms with van der Waals surface area (Å²) in [6, 6.07) is -0.0296. The zero-order chi connectivity index (χ0) is 15.0. The van der Waals surface area contributed by atoms with Gasteiger partial charge in [0.25, 0.3) is 6.02 Å². The van der Waals surface area contributed by atoms with Gasteiger partial charge in [0.05, 0.1) is 6.04 Å². The Balaban J connectivity index is 2.40. The first-order valence-corrected chi connectivity index (χ1v) is 7.42. The zero-order valence-corrected chi connectivity index (χ0v) is 12.4. The molecule has 0 bridgehead atoms. The highest BCUT2D eigenvalue weighted by molar-refractivity contribution is 5.97. The molecule has 6 nitrogen and oxygen atoms in total. The summed E-state index contributed by atoms with van der Waals surface area (Å²) >= 11 is 0. The Morgan fingerprint density at radius 3 is 2.40 bits per heavy atom. The first-order valence-electron chi connectivity index (χ1n) is 7.42. The van der Waals surface area contributed by atoms with Gasteiger partial charge in [-0.3, -0.25) is 10.1 Å². The predicted molar refractivity (Wildman–Crippen MR) is 77.2 cm³/mol. The molecule has 1 rings (SSSR count). The molecule has 0 unspecified atom stereocenters. The molecule has 0 aromatic heterocycles. The van der Waals surface area contributed by atoms with E-state index in [0.29, 0.717) is 12.8 Å². The van der Waals surface area contributed by atoms with Crippen LogP contribution in [-0.2, 0) is 9.53 Å². The van der Waals surface area contributed by atoms with Gasteiger partial charge < -0.3 is 10.5 Å². The minimum Gasteiger partial charge on any atom is -0.376 e. The van der Waals surface area contributed by atoms with Crippen molar-refractivity contribution < 1.29 is 14.3 Å². The fourth-order valence-corrected chi connectivity index (χ4v) is 2.40. The second-order valence-corrected chi connectivity index (χ2v) is 5.15. The average Bonchev–Trinajstić information content (AvgIpc) is 2.40. The lowest BCUT2D eigenvalue weighted by Gasteiger charge is -2.17. The Kier molecular flexibility index (Phi) is 7.04. The van der Waals surface area contributed by atoms with Crippen LogP contribution >= 0.6 is 0 Å². The van der Waals surface area contributed by atoms with Crippen LogP contribution in [0.5, 0.6) is 0 Å². The molecule has 0 atom stereocenters. The van der Waals surface area contributed by atoms with E-state index in [0.717, 1.165) is 25.7 Å². The lowest BCUT2D eigenvalue weighted by Crippen LogP contribution is -2.38. The van der Waals surface area contributed by atoms with E-state index >= 15 is 0 Å². The number of rotatable bonds is 4. The summed E-state index contributed by atoms with van der Waals surface area (Å²) in [5.41, 5.74) is 5.58. The van der Waals surface area contributed by atoms with E-state index in [9.17, 15) is 9.59 Å². The predicted octanol–water partition coefficient (Wildman–Crippen LogP) is 2.32. The van der Waals surface area contributed by atoms with E-state index in [1.54, 1.807) is 0 Å². The number of hydrogen-bond acceptors (Lipinski definition) is 4. The highest BCUT2D eigenvalue weighted by Gasteiger charge is 2.19. The number of carbonyl (C=O) groups excluding carboxylic acids is 2. The van der Waals surface area contributed by atoms with Crippen LogP contribution in [0.4, 0.5) is 4.79 Å². The molecule has 6 heteroatoms. The van der Waals surface area contributed by atoms with Crippen LogP contribution in [0.2, 0.25) is 0 Å². The molecule has 1 aliphatic rings. The van der Waals surface area contributed by atoms with Gasteiger partial charge >= 0.3 is 6.09 Å². The maximum Gasteiger partial charge on any atom is 0.421 e. The maximum atomic E-state index is 11.7. The van der Waals surface area contributed by atoms with Gasteiger partial charge in [0.15, 0.2) is 0 Å². The number of amides is 2. The molecule has 2 amide bonds. The molecule has 0 aliphatic heterocycles. The fourth-order valence-electron chi connectivity index (χ4n) is 2.40. The monoisotopic (exact) mass is 283 g/mol. The van der Waals surface area contributed by atoms with Crippen LogP contribution in [0.1, 0.15) is 58.8 Å². The lowest BCUT2D eigenvalue weighted by molar-refractivity contribution is -0.124. The van der Waals surface area contributed by atoms with E-state index in [4.69, 9.17) is 10.5 Å². The van der Waals surface area contributed by atoms with Crippen molar-refractivity contribution in [2.75, 3.05) is 0 Å². The van der Waals surface area contributed by atoms with Crippen molar-refractivity contribution in [1.29, 1.82) is 0 Å². The molecule has 0 heterocycles. The molecule has 3 N–H and O–H groups in total. The minimum absolute atomic E-state index is 0.131. The molecule has 1 fully saturated rings. The summed E-state index contributed by atoms with van der Waals surface area (Å²) in [5, 5.41) is 2.19. The van der Waals surface area contributed by atoms with Gasteiger partial charge in [-0.05, 0) is 25.7 Å². The number of ether oxygens (including phenoxy) is 1. The van der Waals surface area contributed by atoms with Crippen LogP contribution < -0.4 is 11.1 Å². The van der Waals surface area contributed by atoms with E-state index in [1.165, 1.54) is 6.42 Å². The van der Waals surface area contributed by atoms with Crippen molar-refractivity contribution in [2.45, 2.75) is 64.8 Å². The minimum atomic E-state index is -0.848. The lowest BCUT2D eigenvalue weighted by atomic mass is 9.96. The first kappa shape index (κ1) is 16.5. The van der Waals surface area contributed by atoms with Gasteiger partial charge in [-0.2, -0.15) is 0 Å². The third-order valence-corrected chi connectivity index (χ3v) is 3.66. The van der Waals surface area contributed by atoms with Crippen molar-refractivity contribution in [2.24, 2.45) is 16.6 Å². The summed E-state index contributed by atoms with van der Waals surface area (Å²) in [4.78, 5) is 27.4. The standard InChI is InChI=1S/C14H25N3O3/c1-3-10(4-2)12(18)17-14(19)20-13(15)16-11-8-6-5-7-9-11/h10-11H,3-9H2,1-2H3,(H2,15,16)(H,17,18,19). The van der Waals surface area contributed by atoms with Crippen LogP contribution in [0, 0.1) is 5.92 Å². The number of nitrogens with one attached hydrogen (secondary N) is 1. The second kappa shape index (κ2) is 8.55. The molecule has 0 aromatic carbocycles. The number of amidine groups is 1. The Morgan fingerprint density at radius 2 is 1.85 bits per heavy atom. The largest absolute Gasteiger partial charge is 0.421 e. The molecule has 0 radical (unpaired) electrons. The van der Waals surface area contributed by atoms with E-state index < -0.39 is 6.09 Å². The van der Waals surface area contributed by atoms with Gasteiger partial charge in [0.1, 0.15) is 0 Å². The zero-order valence-electron chi connectivity index (χ0n) is 12.4. The third kappa shape index (κ3) is 5.59. The highest BCUT2D eigenvalue weighted by Crippen LogP contribution is 2.20. The average molecular weight is 283 g/mol. The molecule has 1 aliphatic carbocycles. The van der Waals surface area contributed by atoms with Crippen LogP contribution in [0.15, 0.2) is 4.99 Å². The van der Waals surface area contributed by atoms with Gasteiger partial charge in [-0.1, -0.05) is 33.1 Å². The van der Waals surface area contributed by atoms with E-state index in [1.807, 2.05) is 13.8 Å². The maximum absolute atomic E-state index is 11.7. The van der Waals surface area contributed by atoms with Gasteiger partial charge in [-0.15, -0.1) is 0 Å². The quantitative estimate of drug-likeness (QED) is 0.611. The van der Waals surface area contributed by atoms with Crippen molar-refractivity contribution in [3.8, 4) is 0 Å². The number of carbonyl (C=O) groups is 2. The summed E-state index contributed by atoms with van der Waals surface area (Å²) in [7, 11) is 0. The molecule has 0 saturated heterocycles. The second-order valence-electron chi connectivity index (χ2n) is 5.15. The molecular weight excluding hydrogens is 258 g/mol. The van der Waals surface area contributed by atoms with Crippen molar-refractivity contribution >= 4 is 18.0 Å². The van der Waals surface area contributed by atoms with Crippen molar-refractivity contribution in [3.05, 3.63) is 0 Å². The molecule has 0 aromatic rings. The SMILES string of the molecule is CCC(CC)C(=O)NC(=O)OC(N)=NC1CCCCC1. The van der Waals surface area contributed by atoms with Gasteiger partial charge in [0, 0.05) is 5.92 Å². The van der Waals surface area contributed by atoms with Gasteiger partial charge in [-0.25, -0.2) is 9.79 Å². The Morgan fingerprint density at radius 1 is 1.25 bits per heavy atom. The van der Waals surface area contributed by atoms with Gasteiger partial charge in [0.2, 0.25) is 5.91 Å². The number of imide groups is 1. The molecule has 1 saturated carbocycles. The Hall–Kier alpha value is -1.59. The smallest absolute Gasteiger partial charge is 0.376 e. The topological polar surface area (TPSA) is 93.8 Å². The van der Waals surface area contributed by atoms with Crippen LogP contribution in [-0.4, -0.2) is 24.1 Å². The Bertz CT molecular complexity index is 359. The van der Waals surface area contributed by atoms with Crippen molar-refractivity contribution in [3.63, 3.8) is 0 Å². The number of hydrogen-bond donors (Lipinski definition) is 2. The summed E-state index contributed by atoms with van der Waals surface area (Å²) < 4.78 is 4.82. The van der Waals surface area contributed by atoms with Crippen LogP contribution in [0.3, 0.4) is 0 Å². The molecular formula is C14H25N3O3. The highest BCUT2D eigenvalue weighted by atomic mass is 16.6. The number of alkyl carbamates (subject to hydrolysis) is 1. The number of nitrogens with two attached hydrogens (primary N) is 1. The molecule has 20 heavy (non-hydrogen) atoms. The van der Waals surface area contributed by atoms with E-state index in [2.05, 4.69) is 10.3 Å². The summed E-state index contributed by atoms with van der Waals surface area (Å²) in [6.07, 6.45) is 5.93. The first-order chi connectivity index (χ1) is 9.56. The van der Waals surface area contributed by atoms with Crippen LogP contribution in [0.25, 0.3) is 0 Å². The molecule has 0 spiro atoms. The summed E-state index contributed by atoms with van der Waals surface area (Å²) in [6.45, 7) is 3.80. The fraction of sp³-hybridized carbons (Fsp3) is 0.786. The van der Waals surface area contributed by atoms with E-state index in [-0.39, 0.29) is 23.9 Å².